The Morgan fingerprint density at radius 1 is 1.27 bits per heavy atom. The SMILES string of the molecule is O=C(NCCC1CCNC1)c1cc([N+](=O)[O-])ccc1Oc1ccccc1. The van der Waals surface area contributed by atoms with Gasteiger partial charge in [0.25, 0.3) is 11.6 Å². The summed E-state index contributed by atoms with van der Waals surface area (Å²) in [7, 11) is 0. The van der Waals surface area contributed by atoms with E-state index in [1.165, 1.54) is 18.2 Å². The number of benzene rings is 2. The van der Waals surface area contributed by atoms with Gasteiger partial charge in [-0.2, -0.15) is 0 Å². The van der Waals surface area contributed by atoms with Crippen LogP contribution in [0.2, 0.25) is 0 Å². The number of non-ortho nitro benzene ring substituents is 1. The lowest BCUT2D eigenvalue weighted by Crippen LogP contribution is -2.26. The molecule has 0 saturated carbocycles. The molecule has 2 aromatic carbocycles. The number of nitrogens with zero attached hydrogens (tertiary/aromatic N) is 1. The number of amides is 1. The van der Waals surface area contributed by atoms with Crippen molar-refractivity contribution in [1.29, 1.82) is 0 Å². The second kappa shape index (κ2) is 8.44. The fourth-order valence-corrected chi connectivity index (χ4v) is 2.96. The Morgan fingerprint density at radius 3 is 2.77 bits per heavy atom. The van der Waals surface area contributed by atoms with E-state index in [2.05, 4.69) is 10.6 Å². The standard InChI is InChI=1S/C19H21N3O4/c23-19(21-11-9-14-8-10-20-13-14)17-12-15(22(24)25)6-7-18(17)26-16-4-2-1-3-5-16/h1-7,12,14,20H,8-11,13H2,(H,21,23). The Balaban J connectivity index is 1.74. The highest BCUT2D eigenvalue weighted by molar-refractivity contribution is 5.97. The van der Waals surface area contributed by atoms with Gasteiger partial charge in [-0.15, -0.1) is 0 Å². The van der Waals surface area contributed by atoms with Crippen molar-refractivity contribution in [3.63, 3.8) is 0 Å². The zero-order valence-corrected chi connectivity index (χ0v) is 14.3. The fraction of sp³-hybridized carbons (Fsp3) is 0.316. The average molecular weight is 355 g/mol. The Bertz CT molecular complexity index is 774. The quantitative estimate of drug-likeness (QED) is 0.588. The van der Waals surface area contributed by atoms with Crippen LogP contribution >= 0.6 is 0 Å². The molecular formula is C19H21N3O4. The third-order valence-electron chi connectivity index (χ3n) is 4.39. The number of para-hydroxylation sites is 1. The number of nitrogens with one attached hydrogen (secondary N) is 2. The summed E-state index contributed by atoms with van der Waals surface area (Å²) in [5, 5.41) is 17.2. The number of rotatable bonds is 7. The normalized spacial score (nSPS) is 16.2. The molecule has 1 saturated heterocycles. The molecule has 0 spiro atoms. The number of carbonyl (C=O) groups is 1. The van der Waals surface area contributed by atoms with Crippen molar-refractivity contribution in [2.45, 2.75) is 12.8 Å². The average Bonchev–Trinajstić information content (AvgIpc) is 3.16. The number of ether oxygens (including phenoxy) is 1. The molecule has 0 aromatic heterocycles. The van der Waals surface area contributed by atoms with Gasteiger partial charge in [-0.25, -0.2) is 0 Å². The van der Waals surface area contributed by atoms with E-state index < -0.39 is 4.92 Å². The topological polar surface area (TPSA) is 93.5 Å². The van der Waals surface area contributed by atoms with Gasteiger partial charge in [0, 0.05) is 18.7 Å². The van der Waals surface area contributed by atoms with Gasteiger partial charge in [-0.3, -0.25) is 14.9 Å². The van der Waals surface area contributed by atoms with Gasteiger partial charge in [0.1, 0.15) is 11.5 Å². The maximum absolute atomic E-state index is 12.6. The largest absolute Gasteiger partial charge is 0.457 e. The smallest absolute Gasteiger partial charge is 0.270 e. The minimum Gasteiger partial charge on any atom is -0.457 e. The molecule has 1 amide bonds. The van der Waals surface area contributed by atoms with E-state index >= 15 is 0 Å². The molecule has 0 radical (unpaired) electrons. The molecular weight excluding hydrogens is 334 g/mol. The fourth-order valence-electron chi connectivity index (χ4n) is 2.96. The summed E-state index contributed by atoms with van der Waals surface area (Å²) in [5.74, 6) is 1.04. The molecule has 1 unspecified atom stereocenters. The van der Waals surface area contributed by atoms with Gasteiger partial charge in [-0.1, -0.05) is 18.2 Å². The highest BCUT2D eigenvalue weighted by Crippen LogP contribution is 2.28. The minimum absolute atomic E-state index is 0.143. The first-order chi connectivity index (χ1) is 12.6. The third-order valence-corrected chi connectivity index (χ3v) is 4.39. The molecule has 7 nitrogen and oxygen atoms in total. The van der Waals surface area contributed by atoms with Crippen LogP contribution in [-0.2, 0) is 0 Å². The summed E-state index contributed by atoms with van der Waals surface area (Å²) >= 11 is 0. The monoisotopic (exact) mass is 355 g/mol. The van der Waals surface area contributed by atoms with E-state index in [0.29, 0.717) is 24.0 Å². The maximum atomic E-state index is 12.6. The van der Waals surface area contributed by atoms with Gasteiger partial charge >= 0.3 is 0 Å². The molecule has 7 heteroatoms. The van der Waals surface area contributed by atoms with Crippen molar-refractivity contribution < 1.29 is 14.5 Å². The Labute approximate surface area is 151 Å². The van der Waals surface area contributed by atoms with E-state index in [0.717, 1.165) is 25.9 Å². The lowest BCUT2D eigenvalue weighted by molar-refractivity contribution is -0.384. The molecule has 1 atom stereocenters. The predicted octanol–water partition coefficient (Wildman–Crippen LogP) is 3.12. The lowest BCUT2D eigenvalue weighted by atomic mass is 10.1. The molecule has 3 rings (SSSR count). The molecule has 1 fully saturated rings. The summed E-state index contributed by atoms with van der Waals surface area (Å²) in [6.07, 6.45) is 1.98. The van der Waals surface area contributed by atoms with Gasteiger partial charge < -0.3 is 15.4 Å². The number of hydrogen-bond acceptors (Lipinski definition) is 5. The summed E-state index contributed by atoms with van der Waals surface area (Å²) in [6.45, 7) is 2.51. The Morgan fingerprint density at radius 2 is 2.08 bits per heavy atom. The first-order valence-corrected chi connectivity index (χ1v) is 8.64. The minimum atomic E-state index is -0.521. The third kappa shape index (κ3) is 4.58. The summed E-state index contributed by atoms with van der Waals surface area (Å²) in [6, 6.07) is 13.1. The maximum Gasteiger partial charge on any atom is 0.270 e. The zero-order valence-electron chi connectivity index (χ0n) is 14.3. The van der Waals surface area contributed by atoms with Gasteiger partial charge in [0.2, 0.25) is 0 Å². The van der Waals surface area contributed by atoms with Crippen molar-refractivity contribution in [2.24, 2.45) is 5.92 Å². The van der Waals surface area contributed by atoms with Crippen molar-refractivity contribution >= 4 is 11.6 Å². The van der Waals surface area contributed by atoms with Crippen LogP contribution in [0.1, 0.15) is 23.2 Å². The van der Waals surface area contributed by atoms with Crippen LogP contribution in [0.5, 0.6) is 11.5 Å². The second-order valence-electron chi connectivity index (χ2n) is 6.26. The molecule has 1 aliphatic heterocycles. The van der Waals surface area contributed by atoms with E-state index in [-0.39, 0.29) is 17.2 Å². The van der Waals surface area contributed by atoms with E-state index in [1.54, 1.807) is 12.1 Å². The van der Waals surface area contributed by atoms with Gasteiger partial charge in [0.15, 0.2) is 0 Å². The van der Waals surface area contributed by atoms with E-state index in [9.17, 15) is 14.9 Å². The Kier molecular flexibility index (Phi) is 5.80. The lowest BCUT2D eigenvalue weighted by Gasteiger charge is -2.13. The van der Waals surface area contributed by atoms with E-state index in [4.69, 9.17) is 4.74 Å². The molecule has 26 heavy (non-hydrogen) atoms. The first kappa shape index (κ1) is 17.9. The van der Waals surface area contributed by atoms with Crippen LogP contribution in [-0.4, -0.2) is 30.5 Å². The number of nitro groups is 1. The Hall–Kier alpha value is -2.93. The summed E-state index contributed by atoms with van der Waals surface area (Å²) < 4.78 is 5.75. The van der Waals surface area contributed by atoms with Crippen LogP contribution in [0.15, 0.2) is 48.5 Å². The molecule has 1 aliphatic rings. The van der Waals surface area contributed by atoms with Crippen molar-refractivity contribution in [3.05, 3.63) is 64.2 Å². The summed E-state index contributed by atoms with van der Waals surface area (Å²) in [4.78, 5) is 23.1. The van der Waals surface area contributed by atoms with Crippen LogP contribution in [0.25, 0.3) is 0 Å². The number of carbonyl (C=O) groups excluding carboxylic acids is 1. The zero-order chi connectivity index (χ0) is 18.4. The van der Waals surface area contributed by atoms with Crippen LogP contribution in [0.4, 0.5) is 5.69 Å². The molecule has 0 aliphatic carbocycles. The molecule has 2 aromatic rings. The van der Waals surface area contributed by atoms with Crippen molar-refractivity contribution in [1.82, 2.24) is 10.6 Å². The first-order valence-electron chi connectivity index (χ1n) is 8.64. The van der Waals surface area contributed by atoms with Crippen LogP contribution in [0, 0.1) is 16.0 Å². The molecule has 2 N–H and O–H groups in total. The predicted molar refractivity (Wildman–Crippen MR) is 97.5 cm³/mol. The van der Waals surface area contributed by atoms with Crippen LogP contribution < -0.4 is 15.4 Å². The highest BCUT2D eigenvalue weighted by atomic mass is 16.6. The molecule has 136 valence electrons. The summed E-state index contributed by atoms with van der Waals surface area (Å²) in [5.41, 5.74) is 0.0168. The second-order valence-corrected chi connectivity index (χ2v) is 6.26. The van der Waals surface area contributed by atoms with Crippen LogP contribution in [0.3, 0.4) is 0 Å². The number of nitro benzene ring substituents is 1. The van der Waals surface area contributed by atoms with Crippen molar-refractivity contribution in [2.75, 3.05) is 19.6 Å². The number of hydrogen-bond donors (Lipinski definition) is 2. The molecule has 1 heterocycles. The van der Waals surface area contributed by atoms with Crippen molar-refractivity contribution in [3.8, 4) is 11.5 Å². The van der Waals surface area contributed by atoms with E-state index in [1.807, 2.05) is 18.2 Å². The molecule has 0 bridgehead atoms. The van der Waals surface area contributed by atoms with Gasteiger partial charge in [0.05, 0.1) is 10.5 Å². The highest BCUT2D eigenvalue weighted by Gasteiger charge is 2.19. The van der Waals surface area contributed by atoms with Gasteiger partial charge in [-0.05, 0) is 50.0 Å².